The van der Waals surface area contributed by atoms with E-state index in [0.29, 0.717) is 11.1 Å². The summed E-state index contributed by atoms with van der Waals surface area (Å²) in [7, 11) is 0. The molecule has 1 saturated carbocycles. The Balaban J connectivity index is 1.75. The number of halogens is 1. The van der Waals surface area contributed by atoms with Crippen LogP contribution in [0.5, 0.6) is 0 Å². The molecule has 22 heavy (non-hydrogen) atoms. The van der Waals surface area contributed by atoms with E-state index in [1.165, 1.54) is 6.33 Å². The van der Waals surface area contributed by atoms with Crippen LogP contribution in [0, 0.1) is 5.92 Å². The van der Waals surface area contributed by atoms with Gasteiger partial charge in [0.1, 0.15) is 17.1 Å². The van der Waals surface area contributed by atoms with Crippen LogP contribution in [-0.2, 0) is 11.2 Å². The lowest BCUT2D eigenvalue weighted by atomic mass is 9.83. The number of hydrogen-bond donors (Lipinski definition) is 1. The third-order valence-electron chi connectivity index (χ3n) is 3.76. The summed E-state index contributed by atoms with van der Waals surface area (Å²) in [5.41, 5.74) is 0.539. The highest BCUT2D eigenvalue weighted by atomic mass is 35.5. The molecule has 0 saturated heterocycles. The maximum absolute atomic E-state index is 11.8. The number of carbonyl (C=O) groups is 1. The van der Waals surface area contributed by atoms with Gasteiger partial charge in [0.05, 0.1) is 0 Å². The molecule has 0 unspecified atom stereocenters. The molecular weight excluding hydrogens is 302 g/mol. The van der Waals surface area contributed by atoms with Gasteiger partial charge in [0.2, 0.25) is 0 Å². The first-order valence-corrected chi connectivity index (χ1v) is 8.15. The maximum atomic E-state index is 11.8. The highest BCUT2D eigenvalue weighted by Crippen LogP contribution is 2.27. The molecule has 1 aliphatic rings. The van der Waals surface area contributed by atoms with Gasteiger partial charge in [-0.1, -0.05) is 11.6 Å². The predicted molar refractivity (Wildman–Crippen MR) is 85.9 cm³/mol. The molecule has 0 atom stereocenters. The van der Waals surface area contributed by atoms with Crippen molar-refractivity contribution in [1.82, 2.24) is 15.3 Å². The second-order valence-corrected chi connectivity index (χ2v) is 7.29. The molecular formula is C16H24ClN3O2. The molecule has 0 radical (unpaired) electrons. The smallest absolute Gasteiger partial charge is 0.407 e. The first-order valence-electron chi connectivity index (χ1n) is 7.78. The van der Waals surface area contributed by atoms with Gasteiger partial charge in [-0.05, 0) is 64.9 Å². The molecule has 1 aromatic rings. The Morgan fingerprint density at radius 2 is 2.00 bits per heavy atom. The van der Waals surface area contributed by atoms with Gasteiger partial charge in [0, 0.05) is 11.7 Å². The van der Waals surface area contributed by atoms with E-state index in [0.717, 1.165) is 37.8 Å². The first-order chi connectivity index (χ1) is 10.3. The standard InChI is InChI=1S/C16H24ClN3O2/c1-16(2,3)22-15(21)20-12-6-4-11(5-7-12)8-13-9-14(17)19-10-18-13/h9-12H,4-8H2,1-3H3,(H,20,21). The Labute approximate surface area is 136 Å². The third-order valence-corrected chi connectivity index (χ3v) is 3.96. The summed E-state index contributed by atoms with van der Waals surface area (Å²) in [6.45, 7) is 5.61. The molecule has 0 bridgehead atoms. The zero-order valence-electron chi connectivity index (χ0n) is 13.4. The second-order valence-electron chi connectivity index (χ2n) is 6.90. The van der Waals surface area contributed by atoms with Crippen molar-refractivity contribution in [2.75, 3.05) is 0 Å². The average molecular weight is 326 g/mol. The van der Waals surface area contributed by atoms with Crippen molar-refractivity contribution in [3.8, 4) is 0 Å². The fourth-order valence-corrected chi connectivity index (χ4v) is 2.93. The predicted octanol–water partition coefficient (Wildman–Crippen LogP) is 3.76. The lowest BCUT2D eigenvalue weighted by Crippen LogP contribution is -2.41. The summed E-state index contributed by atoms with van der Waals surface area (Å²) < 4.78 is 5.29. The zero-order valence-corrected chi connectivity index (χ0v) is 14.2. The summed E-state index contributed by atoms with van der Waals surface area (Å²) in [6, 6.07) is 2.03. The molecule has 1 aliphatic carbocycles. The maximum Gasteiger partial charge on any atom is 0.407 e. The highest BCUT2D eigenvalue weighted by molar-refractivity contribution is 6.29. The van der Waals surface area contributed by atoms with Crippen molar-refractivity contribution in [2.45, 2.75) is 64.5 Å². The summed E-state index contributed by atoms with van der Waals surface area (Å²) in [5.74, 6) is 0.586. The van der Waals surface area contributed by atoms with Gasteiger partial charge in [-0.15, -0.1) is 0 Å². The number of aromatic nitrogens is 2. The van der Waals surface area contributed by atoms with Gasteiger partial charge in [0.25, 0.3) is 0 Å². The van der Waals surface area contributed by atoms with Gasteiger partial charge in [-0.2, -0.15) is 0 Å². The molecule has 1 amide bonds. The zero-order chi connectivity index (χ0) is 16.2. The highest BCUT2D eigenvalue weighted by Gasteiger charge is 2.25. The molecule has 6 heteroatoms. The number of nitrogens with zero attached hydrogens (tertiary/aromatic N) is 2. The monoisotopic (exact) mass is 325 g/mol. The molecule has 0 aliphatic heterocycles. The number of amides is 1. The van der Waals surface area contributed by atoms with E-state index >= 15 is 0 Å². The molecule has 1 heterocycles. The number of rotatable bonds is 3. The van der Waals surface area contributed by atoms with Crippen molar-refractivity contribution in [1.29, 1.82) is 0 Å². The Kier molecular flexibility index (Phi) is 5.62. The summed E-state index contributed by atoms with van der Waals surface area (Å²) in [4.78, 5) is 19.9. The summed E-state index contributed by atoms with van der Waals surface area (Å²) in [5, 5.41) is 3.45. The van der Waals surface area contributed by atoms with E-state index < -0.39 is 5.60 Å². The number of hydrogen-bond acceptors (Lipinski definition) is 4. The van der Waals surface area contributed by atoms with Crippen molar-refractivity contribution < 1.29 is 9.53 Å². The number of carbonyl (C=O) groups excluding carboxylic acids is 1. The van der Waals surface area contributed by atoms with Crippen LogP contribution in [0.15, 0.2) is 12.4 Å². The van der Waals surface area contributed by atoms with E-state index in [1.54, 1.807) is 0 Å². The summed E-state index contributed by atoms with van der Waals surface area (Å²) >= 11 is 5.88. The van der Waals surface area contributed by atoms with Crippen LogP contribution < -0.4 is 5.32 Å². The van der Waals surface area contributed by atoms with Crippen LogP contribution in [0.1, 0.15) is 52.1 Å². The SMILES string of the molecule is CC(C)(C)OC(=O)NC1CCC(Cc2cc(Cl)ncn2)CC1. The Hall–Kier alpha value is -1.36. The molecule has 1 N–H and O–H groups in total. The topological polar surface area (TPSA) is 64.1 Å². The summed E-state index contributed by atoms with van der Waals surface area (Å²) in [6.07, 6.45) is 6.20. The minimum atomic E-state index is -0.451. The van der Waals surface area contributed by atoms with Crippen LogP contribution in [0.3, 0.4) is 0 Å². The van der Waals surface area contributed by atoms with Crippen LogP contribution in [0.4, 0.5) is 4.79 Å². The van der Waals surface area contributed by atoms with Crippen LogP contribution in [0.2, 0.25) is 5.15 Å². The fraction of sp³-hybridized carbons (Fsp3) is 0.688. The van der Waals surface area contributed by atoms with Crippen molar-refractivity contribution in [2.24, 2.45) is 5.92 Å². The van der Waals surface area contributed by atoms with E-state index in [4.69, 9.17) is 16.3 Å². The van der Waals surface area contributed by atoms with Crippen molar-refractivity contribution in [3.05, 3.63) is 23.2 Å². The Morgan fingerprint density at radius 1 is 1.32 bits per heavy atom. The van der Waals surface area contributed by atoms with E-state index in [1.807, 2.05) is 26.8 Å². The fourth-order valence-electron chi connectivity index (χ4n) is 2.76. The van der Waals surface area contributed by atoms with Gasteiger partial charge < -0.3 is 10.1 Å². The Bertz CT molecular complexity index is 508. The molecule has 0 spiro atoms. The normalized spacial score (nSPS) is 22.2. The minimum Gasteiger partial charge on any atom is -0.444 e. The minimum absolute atomic E-state index is 0.208. The average Bonchev–Trinajstić information content (AvgIpc) is 2.39. The van der Waals surface area contributed by atoms with E-state index in [-0.39, 0.29) is 12.1 Å². The van der Waals surface area contributed by atoms with E-state index in [2.05, 4.69) is 15.3 Å². The van der Waals surface area contributed by atoms with Gasteiger partial charge in [-0.3, -0.25) is 0 Å². The van der Waals surface area contributed by atoms with Crippen LogP contribution >= 0.6 is 11.6 Å². The van der Waals surface area contributed by atoms with Crippen molar-refractivity contribution >= 4 is 17.7 Å². The number of nitrogens with one attached hydrogen (secondary N) is 1. The Morgan fingerprint density at radius 3 is 2.59 bits per heavy atom. The molecule has 0 aromatic carbocycles. The first kappa shape index (κ1) is 17.0. The lowest BCUT2D eigenvalue weighted by Gasteiger charge is -2.30. The quantitative estimate of drug-likeness (QED) is 0.859. The van der Waals surface area contributed by atoms with Gasteiger partial charge in [0.15, 0.2) is 0 Å². The largest absolute Gasteiger partial charge is 0.444 e. The van der Waals surface area contributed by atoms with Crippen LogP contribution in [-0.4, -0.2) is 27.7 Å². The number of alkyl carbamates (subject to hydrolysis) is 1. The second kappa shape index (κ2) is 7.27. The van der Waals surface area contributed by atoms with Gasteiger partial charge in [-0.25, -0.2) is 14.8 Å². The molecule has 5 nitrogen and oxygen atoms in total. The van der Waals surface area contributed by atoms with Gasteiger partial charge >= 0.3 is 6.09 Å². The molecule has 122 valence electrons. The van der Waals surface area contributed by atoms with Crippen molar-refractivity contribution in [3.63, 3.8) is 0 Å². The lowest BCUT2D eigenvalue weighted by molar-refractivity contribution is 0.0487. The molecule has 2 rings (SSSR count). The van der Waals surface area contributed by atoms with E-state index in [9.17, 15) is 4.79 Å². The molecule has 1 aromatic heterocycles. The number of ether oxygens (including phenoxy) is 1. The van der Waals surface area contributed by atoms with Crippen LogP contribution in [0.25, 0.3) is 0 Å². The third kappa shape index (κ3) is 5.79. The molecule has 1 fully saturated rings.